The fourth-order valence-corrected chi connectivity index (χ4v) is 5.13. The van der Waals surface area contributed by atoms with Crippen molar-refractivity contribution in [1.82, 2.24) is 10.2 Å². The minimum atomic E-state index is 0. The van der Waals surface area contributed by atoms with Gasteiger partial charge in [0.1, 0.15) is 12.4 Å². The van der Waals surface area contributed by atoms with Crippen molar-refractivity contribution in [2.75, 3.05) is 40.4 Å². The first kappa shape index (κ1) is 27.6. The van der Waals surface area contributed by atoms with Gasteiger partial charge in [-0.1, -0.05) is 49.6 Å². The van der Waals surface area contributed by atoms with Crippen LogP contribution in [-0.4, -0.2) is 45.3 Å². The van der Waals surface area contributed by atoms with Gasteiger partial charge in [0.2, 0.25) is 0 Å². The monoisotopic (exact) mass is 496 g/mol. The maximum Gasteiger partial charge on any atom is 0.164 e. The molecule has 1 atom stereocenters. The minimum Gasteiger partial charge on any atom is -0.493 e. The Morgan fingerprint density at radius 3 is 2.15 bits per heavy atom. The zero-order chi connectivity index (χ0) is 21.5. The van der Waals surface area contributed by atoms with Crippen LogP contribution in [-0.2, 0) is 6.61 Å². The van der Waals surface area contributed by atoms with Gasteiger partial charge in [0.25, 0.3) is 0 Å². The van der Waals surface area contributed by atoms with Gasteiger partial charge in [-0.25, -0.2) is 0 Å². The van der Waals surface area contributed by atoms with Crippen LogP contribution in [0.25, 0.3) is 0 Å². The van der Waals surface area contributed by atoms with Crippen molar-refractivity contribution in [1.29, 1.82) is 0 Å². The molecule has 0 radical (unpaired) electrons. The maximum absolute atomic E-state index is 6.45. The molecule has 1 saturated heterocycles. The second-order valence-electron chi connectivity index (χ2n) is 8.65. The predicted molar refractivity (Wildman–Crippen MR) is 139 cm³/mol. The summed E-state index contributed by atoms with van der Waals surface area (Å²) in [6.07, 6.45) is 6.55. The molecule has 2 aromatic rings. The van der Waals surface area contributed by atoms with Crippen LogP contribution in [0.4, 0.5) is 0 Å². The Kier molecular flexibility index (Phi) is 11.6. The van der Waals surface area contributed by atoms with Gasteiger partial charge in [-0.05, 0) is 30.4 Å². The van der Waals surface area contributed by atoms with Crippen molar-refractivity contribution in [2.24, 2.45) is 5.92 Å². The molecule has 0 aromatic heterocycles. The smallest absolute Gasteiger partial charge is 0.164 e. The highest BCUT2D eigenvalue weighted by Gasteiger charge is 2.34. The largest absolute Gasteiger partial charge is 0.493 e. The van der Waals surface area contributed by atoms with Crippen molar-refractivity contribution >= 4 is 24.8 Å². The Morgan fingerprint density at radius 1 is 0.879 bits per heavy atom. The zero-order valence-electron chi connectivity index (χ0n) is 19.8. The first-order chi connectivity index (χ1) is 15.3. The molecule has 1 aliphatic heterocycles. The lowest BCUT2D eigenvalue weighted by Crippen LogP contribution is -2.47. The zero-order valence-corrected chi connectivity index (χ0v) is 21.4. The molecule has 184 valence electrons. The average molecular weight is 498 g/mol. The lowest BCUT2D eigenvalue weighted by atomic mass is 9.79. The highest BCUT2D eigenvalue weighted by Crippen LogP contribution is 2.45. The van der Waals surface area contributed by atoms with E-state index in [1.165, 1.54) is 43.2 Å². The Hall–Kier alpha value is -1.66. The predicted octanol–water partition coefficient (Wildman–Crippen LogP) is 5.65. The van der Waals surface area contributed by atoms with Gasteiger partial charge >= 0.3 is 0 Å². The molecule has 2 aliphatic rings. The van der Waals surface area contributed by atoms with Gasteiger partial charge in [-0.15, -0.1) is 24.8 Å². The van der Waals surface area contributed by atoms with Crippen LogP contribution in [0.2, 0.25) is 0 Å². The summed E-state index contributed by atoms with van der Waals surface area (Å²) in [5, 5.41) is 3.51. The summed E-state index contributed by atoms with van der Waals surface area (Å²) in [6.45, 7) is 4.75. The maximum atomic E-state index is 6.45. The van der Waals surface area contributed by atoms with Crippen LogP contribution in [0.15, 0.2) is 42.5 Å². The molecule has 2 aromatic carbocycles. The Labute approximate surface area is 211 Å². The van der Waals surface area contributed by atoms with Crippen molar-refractivity contribution in [3.05, 3.63) is 53.6 Å². The van der Waals surface area contributed by atoms with Crippen LogP contribution >= 0.6 is 24.8 Å². The second-order valence-corrected chi connectivity index (χ2v) is 8.65. The average Bonchev–Trinajstić information content (AvgIpc) is 2.85. The molecule has 5 nitrogen and oxygen atoms in total. The standard InChI is InChI=1S/C26H36N2O3.2ClH/c1-29-24-17-22(23(18-25(24)30-2)31-19-20-9-5-3-6-10-20)26(21-11-7-4-8-12-21)28-15-13-27-14-16-28;;/h3,5-6,9-10,17-18,21,26-27H,4,7-8,11-16,19H2,1-2H3;2*1H/t26-;;/m1../s1. The van der Waals surface area contributed by atoms with Gasteiger partial charge in [-0.3, -0.25) is 4.90 Å². The Morgan fingerprint density at radius 2 is 1.52 bits per heavy atom. The Bertz CT molecular complexity index is 808. The third-order valence-electron chi connectivity index (χ3n) is 6.71. The van der Waals surface area contributed by atoms with E-state index in [4.69, 9.17) is 14.2 Å². The molecule has 33 heavy (non-hydrogen) atoms. The van der Waals surface area contributed by atoms with Gasteiger partial charge in [0.15, 0.2) is 11.5 Å². The first-order valence-corrected chi connectivity index (χ1v) is 11.7. The lowest BCUT2D eigenvalue weighted by Gasteiger charge is -2.41. The third-order valence-corrected chi connectivity index (χ3v) is 6.71. The molecule has 1 saturated carbocycles. The van der Waals surface area contributed by atoms with Gasteiger partial charge in [-0.2, -0.15) is 0 Å². The van der Waals surface area contributed by atoms with E-state index in [-0.39, 0.29) is 24.8 Å². The topological polar surface area (TPSA) is 43.0 Å². The number of rotatable bonds is 8. The molecule has 1 aliphatic carbocycles. The van der Waals surface area contributed by atoms with E-state index in [2.05, 4.69) is 40.5 Å². The lowest BCUT2D eigenvalue weighted by molar-refractivity contribution is 0.0998. The molecule has 7 heteroatoms. The number of nitrogens with one attached hydrogen (secondary N) is 1. The highest BCUT2D eigenvalue weighted by molar-refractivity contribution is 5.85. The number of hydrogen-bond acceptors (Lipinski definition) is 5. The van der Waals surface area contributed by atoms with Gasteiger partial charge in [0.05, 0.1) is 14.2 Å². The van der Waals surface area contributed by atoms with Crippen molar-refractivity contribution in [3.63, 3.8) is 0 Å². The fourth-order valence-electron chi connectivity index (χ4n) is 5.13. The second kappa shape index (κ2) is 13.9. The quantitative estimate of drug-likeness (QED) is 0.511. The summed E-state index contributed by atoms with van der Waals surface area (Å²) < 4.78 is 17.8. The van der Waals surface area contributed by atoms with Crippen LogP contribution in [0, 0.1) is 5.92 Å². The minimum absolute atomic E-state index is 0. The molecular weight excluding hydrogens is 459 g/mol. The SMILES string of the molecule is COc1cc(OCc2ccccc2)c([C@@H](C2CCCCC2)N2CCNCC2)cc1OC.Cl.Cl. The van der Waals surface area contributed by atoms with Crippen molar-refractivity contribution < 1.29 is 14.2 Å². The normalized spacial score (nSPS) is 17.9. The van der Waals surface area contributed by atoms with E-state index in [9.17, 15) is 0 Å². The highest BCUT2D eigenvalue weighted by atomic mass is 35.5. The number of nitrogens with zero attached hydrogens (tertiary/aromatic N) is 1. The summed E-state index contributed by atoms with van der Waals surface area (Å²) in [7, 11) is 3.40. The van der Waals surface area contributed by atoms with Crippen LogP contribution in [0.1, 0.15) is 49.3 Å². The van der Waals surface area contributed by atoms with Crippen molar-refractivity contribution in [2.45, 2.75) is 44.8 Å². The number of methoxy groups -OCH3 is 2. The first-order valence-electron chi connectivity index (χ1n) is 11.7. The number of hydrogen-bond donors (Lipinski definition) is 1. The fraction of sp³-hybridized carbons (Fsp3) is 0.538. The van der Waals surface area contributed by atoms with E-state index < -0.39 is 0 Å². The van der Waals surface area contributed by atoms with Gasteiger partial charge in [0, 0.05) is 43.9 Å². The van der Waals surface area contributed by atoms with Crippen LogP contribution in [0.3, 0.4) is 0 Å². The summed E-state index contributed by atoms with van der Waals surface area (Å²) in [4.78, 5) is 2.66. The van der Waals surface area contributed by atoms with Crippen LogP contribution < -0.4 is 19.5 Å². The van der Waals surface area contributed by atoms with E-state index in [0.717, 1.165) is 43.4 Å². The number of halogens is 2. The molecule has 1 heterocycles. The number of ether oxygens (including phenoxy) is 3. The third kappa shape index (κ3) is 6.92. The van der Waals surface area contributed by atoms with E-state index in [1.54, 1.807) is 14.2 Å². The molecular formula is C26H38Cl2N2O3. The van der Waals surface area contributed by atoms with E-state index in [1.807, 2.05) is 12.1 Å². The van der Waals surface area contributed by atoms with Gasteiger partial charge < -0.3 is 19.5 Å². The van der Waals surface area contributed by atoms with E-state index in [0.29, 0.717) is 18.6 Å². The molecule has 4 rings (SSSR count). The van der Waals surface area contributed by atoms with Crippen LogP contribution in [0.5, 0.6) is 17.2 Å². The summed E-state index contributed by atoms with van der Waals surface area (Å²) >= 11 is 0. The van der Waals surface area contributed by atoms with Crippen molar-refractivity contribution in [3.8, 4) is 17.2 Å². The molecule has 1 N–H and O–H groups in total. The summed E-state index contributed by atoms with van der Waals surface area (Å²) in [5.41, 5.74) is 2.40. The molecule has 0 spiro atoms. The molecule has 0 bridgehead atoms. The molecule has 0 unspecified atom stereocenters. The molecule has 0 amide bonds. The molecule has 2 fully saturated rings. The Balaban J connectivity index is 0.00000193. The summed E-state index contributed by atoms with van der Waals surface area (Å²) in [5.74, 6) is 3.05. The summed E-state index contributed by atoms with van der Waals surface area (Å²) in [6, 6.07) is 14.9. The number of benzene rings is 2. The number of piperazine rings is 1. The van der Waals surface area contributed by atoms with E-state index >= 15 is 0 Å².